The van der Waals surface area contributed by atoms with Crippen LogP contribution in [-0.4, -0.2) is 3.21 Å². The fourth-order valence-electron chi connectivity index (χ4n) is 5.42. The third kappa shape index (κ3) is 7.38. The Hall–Kier alpha value is -3.02. The van der Waals surface area contributed by atoms with Crippen LogP contribution in [0.5, 0.6) is 0 Å². The molecule has 0 unspecified atom stereocenters. The van der Waals surface area contributed by atoms with Gasteiger partial charge in [-0.1, -0.05) is 75.4 Å². The second-order valence-electron chi connectivity index (χ2n) is 10.4. The molecule has 0 aromatic heterocycles. The average Bonchev–Trinajstić information content (AvgIpc) is 3.57. The first-order chi connectivity index (χ1) is 19.4. The second-order valence-corrected chi connectivity index (χ2v) is 11.6. The second kappa shape index (κ2) is 14.6. The molecule has 5 aromatic carbocycles. The SMILES string of the molecule is CCC1=[C-]CC(CC)=C1CC.Cc1ccc2c(c1)[cH-]c1cc(C)ccc12.[Zr+2]=[C](c1ccccc1)c1ccccc1. The summed E-state index contributed by atoms with van der Waals surface area (Å²) in [5, 5.41) is 5.46. The van der Waals surface area contributed by atoms with E-state index in [1.54, 1.807) is 11.1 Å². The summed E-state index contributed by atoms with van der Waals surface area (Å²) in [6, 6.07) is 36.7. The third-order valence-corrected chi connectivity index (χ3v) is 9.00. The molecule has 0 amide bonds. The summed E-state index contributed by atoms with van der Waals surface area (Å²) in [4.78, 5) is 0. The van der Waals surface area contributed by atoms with Gasteiger partial charge in [0.15, 0.2) is 0 Å². The van der Waals surface area contributed by atoms with Crippen molar-refractivity contribution in [2.75, 3.05) is 0 Å². The van der Waals surface area contributed by atoms with Crippen LogP contribution < -0.4 is 0 Å². The van der Waals surface area contributed by atoms with Gasteiger partial charge in [-0.25, -0.2) is 5.57 Å². The Labute approximate surface area is 256 Å². The van der Waals surface area contributed by atoms with Crippen LogP contribution in [-0.2, 0) is 24.2 Å². The first-order valence-electron chi connectivity index (χ1n) is 14.5. The molecule has 0 spiro atoms. The maximum absolute atomic E-state index is 3.45. The van der Waals surface area contributed by atoms with Gasteiger partial charge in [-0.3, -0.25) is 6.08 Å². The number of benzene rings is 4. The summed E-state index contributed by atoms with van der Waals surface area (Å²) in [5.74, 6) is 0. The molecule has 0 aliphatic heterocycles. The van der Waals surface area contributed by atoms with E-state index in [0.717, 1.165) is 12.8 Å². The molecule has 0 N–H and O–H groups in total. The number of fused-ring (bicyclic) bond motifs is 3. The first kappa shape index (κ1) is 30.0. The molecule has 0 heterocycles. The Morgan fingerprint density at radius 2 is 1.18 bits per heavy atom. The van der Waals surface area contributed by atoms with Gasteiger partial charge < -0.3 is 0 Å². The quantitative estimate of drug-likeness (QED) is 0.176. The van der Waals surface area contributed by atoms with Crippen molar-refractivity contribution in [1.29, 1.82) is 0 Å². The fourth-order valence-corrected chi connectivity index (χ4v) is 6.24. The Balaban J connectivity index is 0.000000141. The van der Waals surface area contributed by atoms with Gasteiger partial charge in [-0.05, 0) is 13.8 Å². The molecule has 1 aliphatic rings. The molecule has 1 aliphatic carbocycles. The molecule has 1 heteroatoms. The van der Waals surface area contributed by atoms with Crippen LogP contribution in [0.1, 0.15) is 68.7 Å². The van der Waals surface area contributed by atoms with Crippen LogP contribution in [0.2, 0.25) is 0 Å². The molecular weight excluding hydrogens is 560 g/mol. The number of rotatable bonds is 5. The molecule has 5 aromatic rings. The zero-order valence-corrected chi connectivity index (χ0v) is 27.1. The van der Waals surface area contributed by atoms with Gasteiger partial charge >= 0.3 is 99.2 Å². The van der Waals surface area contributed by atoms with E-state index >= 15 is 0 Å². The van der Waals surface area contributed by atoms with E-state index in [1.165, 1.54) is 89.7 Å². The molecule has 0 fully saturated rings. The summed E-state index contributed by atoms with van der Waals surface area (Å²) in [6.07, 6.45) is 8.11. The Morgan fingerprint density at radius 1 is 0.675 bits per heavy atom. The van der Waals surface area contributed by atoms with Gasteiger partial charge in [0.1, 0.15) is 0 Å². The van der Waals surface area contributed by atoms with Crippen molar-refractivity contribution < 1.29 is 24.2 Å². The van der Waals surface area contributed by atoms with Crippen molar-refractivity contribution in [3.8, 4) is 0 Å². The van der Waals surface area contributed by atoms with Crippen LogP contribution in [0.3, 0.4) is 0 Å². The van der Waals surface area contributed by atoms with E-state index < -0.39 is 0 Å². The molecule has 200 valence electrons. The van der Waals surface area contributed by atoms with Gasteiger partial charge in [-0.15, -0.1) is 46.2 Å². The first-order valence-corrected chi connectivity index (χ1v) is 15.7. The van der Waals surface area contributed by atoms with Gasteiger partial charge in [0.2, 0.25) is 0 Å². The Morgan fingerprint density at radius 3 is 1.60 bits per heavy atom. The summed E-state index contributed by atoms with van der Waals surface area (Å²) >= 11 is 1.46. The van der Waals surface area contributed by atoms with Crippen LogP contribution in [0, 0.1) is 19.9 Å². The van der Waals surface area contributed by atoms with E-state index in [4.69, 9.17) is 0 Å². The normalized spacial score (nSPS) is 12.5. The van der Waals surface area contributed by atoms with Crippen LogP contribution in [0.25, 0.3) is 21.5 Å². The average molecular weight is 600 g/mol. The number of hydrogen-bond donors (Lipinski definition) is 0. The number of aryl methyl sites for hydroxylation is 2. The number of allylic oxidation sites excluding steroid dienone is 4. The predicted octanol–water partition coefficient (Wildman–Crippen LogP) is 10.8. The van der Waals surface area contributed by atoms with Crippen molar-refractivity contribution in [1.82, 2.24) is 0 Å². The molecule has 0 bridgehead atoms. The molecule has 40 heavy (non-hydrogen) atoms. The van der Waals surface area contributed by atoms with E-state index in [-0.39, 0.29) is 0 Å². The summed E-state index contributed by atoms with van der Waals surface area (Å²) in [5.41, 5.74) is 10.0. The van der Waals surface area contributed by atoms with Crippen LogP contribution in [0.4, 0.5) is 0 Å². The molecule has 0 nitrogen and oxygen atoms in total. The van der Waals surface area contributed by atoms with Gasteiger partial charge in [0.05, 0.1) is 0 Å². The monoisotopic (exact) mass is 598 g/mol. The summed E-state index contributed by atoms with van der Waals surface area (Å²) in [7, 11) is 0. The zero-order valence-electron chi connectivity index (χ0n) is 24.6. The van der Waals surface area contributed by atoms with E-state index in [1.807, 2.05) is 0 Å². The standard InChI is InChI=1S/C15H13.C13H10.C11H17.Zr/c1-10-3-5-14-12(7-10)9-13-8-11(2)4-6-15(13)14;1-3-7-12(8-4-1)11-13-9-5-2-6-10-13;1-4-9-7-8-10(5-2)11(9)6-3;/h3-9H,1-2H3;1-10H;4-7H2,1-3H3;/q-1;;-1;+2. The van der Waals surface area contributed by atoms with Crippen molar-refractivity contribution in [3.63, 3.8) is 0 Å². The van der Waals surface area contributed by atoms with Crippen LogP contribution in [0.15, 0.2) is 120 Å². The molecule has 0 atom stereocenters. The third-order valence-electron chi connectivity index (χ3n) is 7.58. The minimum atomic E-state index is 1.10. The van der Waals surface area contributed by atoms with E-state index in [9.17, 15) is 0 Å². The van der Waals surface area contributed by atoms with Crippen molar-refractivity contribution in [2.24, 2.45) is 0 Å². The van der Waals surface area contributed by atoms with E-state index in [0.29, 0.717) is 0 Å². The molecular formula is C39H40Zr. The Kier molecular flexibility index (Phi) is 10.9. The molecule has 0 radical (unpaired) electrons. The van der Waals surface area contributed by atoms with E-state index in [2.05, 4.69) is 144 Å². The minimum absolute atomic E-state index is 1.10. The maximum atomic E-state index is 3.45. The Bertz CT molecular complexity index is 1530. The fraction of sp³-hybridized carbons (Fsp3) is 0.231. The zero-order chi connectivity index (χ0) is 28.5. The van der Waals surface area contributed by atoms with Crippen molar-refractivity contribution in [3.05, 3.63) is 148 Å². The van der Waals surface area contributed by atoms with Gasteiger partial charge in [0.25, 0.3) is 0 Å². The summed E-state index contributed by atoms with van der Waals surface area (Å²) in [6.45, 7) is 11.0. The predicted molar refractivity (Wildman–Crippen MR) is 172 cm³/mol. The molecule has 6 rings (SSSR count). The topological polar surface area (TPSA) is 0 Å². The molecule has 0 saturated heterocycles. The summed E-state index contributed by atoms with van der Waals surface area (Å²) < 4.78 is 1.42. The van der Waals surface area contributed by atoms with Gasteiger partial charge in [-0.2, -0.15) is 11.1 Å². The van der Waals surface area contributed by atoms with Crippen molar-refractivity contribution >= 4 is 24.8 Å². The van der Waals surface area contributed by atoms with Crippen molar-refractivity contribution in [2.45, 2.75) is 60.3 Å². The number of hydrogen-bond acceptors (Lipinski definition) is 0. The molecule has 0 saturated carbocycles. The van der Waals surface area contributed by atoms with Crippen LogP contribution >= 0.6 is 0 Å². The van der Waals surface area contributed by atoms with Gasteiger partial charge in [0, 0.05) is 0 Å².